The molecule has 0 spiro atoms. The van der Waals surface area contributed by atoms with E-state index in [1.807, 2.05) is 31.2 Å². The number of esters is 1. The molecule has 3 rings (SSSR count). The summed E-state index contributed by atoms with van der Waals surface area (Å²) in [6.07, 6.45) is 1.65. The average molecular weight is 313 g/mol. The largest absolute Gasteiger partial charge is 0.493 e. The van der Waals surface area contributed by atoms with Crippen molar-refractivity contribution in [2.75, 3.05) is 7.11 Å². The van der Waals surface area contributed by atoms with Crippen molar-refractivity contribution in [3.05, 3.63) is 46.0 Å². The topological polar surface area (TPSA) is 96.7 Å². The number of rotatable bonds is 3. The van der Waals surface area contributed by atoms with Gasteiger partial charge in [0.25, 0.3) is 0 Å². The molecule has 118 valence electrons. The summed E-state index contributed by atoms with van der Waals surface area (Å²) < 4.78 is 5.43. The van der Waals surface area contributed by atoms with Crippen LogP contribution in [0.1, 0.15) is 18.2 Å². The molecular formula is C16H15N3O4. The van der Waals surface area contributed by atoms with E-state index in [1.165, 1.54) is 7.11 Å². The molecule has 1 aromatic carbocycles. The summed E-state index contributed by atoms with van der Waals surface area (Å²) in [5.74, 6) is -0.936. The molecule has 0 unspecified atom stereocenters. The SMILES string of the molecule is COC(=O)Cn1c(O)c(C=C2C(C)=Nc3ccccc32)[nH]c1=O. The van der Waals surface area contributed by atoms with Crippen molar-refractivity contribution in [3.63, 3.8) is 0 Å². The van der Waals surface area contributed by atoms with Gasteiger partial charge in [0.2, 0.25) is 5.88 Å². The minimum atomic E-state index is -0.621. The molecule has 7 nitrogen and oxygen atoms in total. The molecule has 0 fully saturated rings. The smallest absolute Gasteiger partial charge is 0.329 e. The number of aromatic hydroxyl groups is 1. The Labute approximate surface area is 131 Å². The van der Waals surface area contributed by atoms with Crippen LogP contribution in [0.2, 0.25) is 0 Å². The summed E-state index contributed by atoms with van der Waals surface area (Å²) in [7, 11) is 1.22. The van der Waals surface area contributed by atoms with Crippen molar-refractivity contribution < 1.29 is 14.6 Å². The number of fused-ring (bicyclic) bond motifs is 1. The molecule has 0 saturated carbocycles. The number of H-pyrrole nitrogens is 1. The lowest BCUT2D eigenvalue weighted by atomic mass is 10.0. The third-order valence-corrected chi connectivity index (χ3v) is 3.66. The number of methoxy groups -OCH3 is 1. The first-order chi connectivity index (χ1) is 11.0. The van der Waals surface area contributed by atoms with Gasteiger partial charge in [-0.2, -0.15) is 0 Å². The van der Waals surface area contributed by atoms with Gasteiger partial charge >= 0.3 is 11.7 Å². The number of nitrogens with one attached hydrogen (secondary N) is 1. The van der Waals surface area contributed by atoms with Gasteiger partial charge in [-0.1, -0.05) is 18.2 Å². The maximum absolute atomic E-state index is 11.9. The van der Waals surface area contributed by atoms with Crippen LogP contribution in [0.5, 0.6) is 5.88 Å². The monoisotopic (exact) mass is 313 g/mol. The Bertz CT molecular complexity index is 902. The number of carbonyl (C=O) groups excluding carboxylic acids is 1. The predicted octanol–water partition coefficient (Wildman–Crippen LogP) is 1.70. The number of aromatic nitrogens is 2. The van der Waals surface area contributed by atoms with Gasteiger partial charge in [0.15, 0.2) is 0 Å². The van der Waals surface area contributed by atoms with Crippen molar-refractivity contribution >= 4 is 29.0 Å². The van der Waals surface area contributed by atoms with Crippen LogP contribution in [0.3, 0.4) is 0 Å². The second kappa shape index (κ2) is 5.60. The molecular weight excluding hydrogens is 298 g/mol. The summed E-state index contributed by atoms with van der Waals surface area (Å²) in [6, 6.07) is 7.60. The highest BCUT2D eigenvalue weighted by molar-refractivity contribution is 6.31. The predicted molar refractivity (Wildman–Crippen MR) is 85.8 cm³/mol. The highest BCUT2D eigenvalue weighted by Crippen LogP contribution is 2.36. The number of hydrogen-bond acceptors (Lipinski definition) is 5. The van der Waals surface area contributed by atoms with E-state index in [2.05, 4.69) is 14.7 Å². The zero-order valence-corrected chi connectivity index (χ0v) is 12.7. The Morgan fingerprint density at radius 3 is 2.91 bits per heavy atom. The van der Waals surface area contributed by atoms with E-state index in [-0.39, 0.29) is 18.1 Å². The molecule has 1 aliphatic heterocycles. The van der Waals surface area contributed by atoms with E-state index < -0.39 is 11.7 Å². The number of imidazole rings is 1. The van der Waals surface area contributed by atoms with E-state index in [1.54, 1.807) is 6.08 Å². The lowest BCUT2D eigenvalue weighted by molar-refractivity contribution is -0.141. The summed E-state index contributed by atoms with van der Waals surface area (Å²) in [5.41, 5.74) is 2.99. The van der Waals surface area contributed by atoms with E-state index in [0.717, 1.165) is 27.1 Å². The normalized spacial score (nSPS) is 14.7. The van der Waals surface area contributed by atoms with Crippen molar-refractivity contribution in [2.45, 2.75) is 13.5 Å². The molecule has 1 aliphatic rings. The standard InChI is InChI=1S/C16H15N3O4/c1-9-11(10-5-3-4-6-12(10)17-9)7-13-15(21)19(16(22)18-13)8-14(20)23-2/h3-7,21H,8H2,1-2H3,(H,18,22). The first-order valence-electron chi connectivity index (χ1n) is 6.96. The van der Waals surface area contributed by atoms with Crippen LogP contribution in [-0.2, 0) is 16.1 Å². The van der Waals surface area contributed by atoms with Crippen LogP contribution in [0.4, 0.5) is 5.69 Å². The number of allylic oxidation sites excluding steroid dienone is 1. The molecule has 1 aromatic heterocycles. The molecule has 2 N–H and O–H groups in total. The minimum Gasteiger partial charge on any atom is -0.493 e. The van der Waals surface area contributed by atoms with Gasteiger partial charge in [0.1, 0.15) is 12.2 Å². The Morgan fingerprint density at radius 2 is 2.17 bits per heavy atom. The lowest BCUT2D eigenvalue weighted by Crippen LogP contribution is -2.22. The van der Waals surface area contributed by atoms with Gasteiger partial charge in [0, 0.05) is 16.8 Å². The first kappa shape index (κ1) is 14.8. The molecule has 0 amide bonds. The Balaban J connectivity index is 2.05. The van der Waals surface area contributed by atoms with Crippen LogP contribution in [0.15, 0.2) is 34.1 Å². The molecule has 2 heterocycles. The maximum Gasteiger partial charge on any atom is 0.329 e. The summed E-state index contributed by atoms with van der Waals surface area (Å²) in [5, 5.41) is 10.2. The molecule has 2 aromatic rings. The average Bonchev–Trinajstić information content (AvgIpc) is 2.99. The third kappa shape index (κ3) is 2.57. The molecule has 0 atom stereocenters. The van der Waals surface area contributed by atoms with E-state index in [9.17, 15) is 14.7 Å². The van der Waals surface area contributed by atoms with E-state index in [4.69, 9.17) is 0 Å². The summed E-state index contributed by atoms with van der Waals surface area (Å²) in [4.78, 5) is 30.2. The minimum absolute atomic E-state index is 0.222. The number of hydrogen-bond donors (Lipinski definition) is 2. The first-order valence-corrected chi connectivity index (χ1v) is 6.96. The maximum atomic E-state index is 11.9. The molecule has 23 heavy (non-hydrogen) atoms. The number of benzene rings is 1. The number of aromatic amines is 1. The van der Waals surface area contributed by atoms with Gasteiger partial charge in [-0.3, -0.25) is 14.4 Å². The van der Waals surface area contributed by atoms with Crippen molar-refractivity contribution in [2.24, 2.45) is 4.99 Å². The number of ether oxygens (including phenoxy) is 1. The van der Waals surface area contributed by atoms with Crippen molar-refractivity contribution in [1.29, 1.82) is 0 Å². The van der Waals surface area contributed by atoms with Gasteiger partial charge in [-0.05, 0) is 19.1 Å². The van der Waals surface area contributed by atoms with Crippen molar-refractivity contribution in [1.82, 2.24) is 9.55 Å². The van der Waals surface area contributed by atoms with Crippen LogP contribution in [-0.4, -0.2) is 33.4 Å². The Hall–Kier alpha value is -3.09. The number of nitrogens with zero attached hydrogens (tertiary/aromatic N) is 2. The quantitative estimate of drug-likeness (QED) is 0.843. The van der Waals surface area contributed by atoms with Crippen LogP contribution in [0.25, 0.3) is 11.6 Å². The second-order valence-corrected chi connectivity index (χ2v) is 5.10. The zero-order chi connectivity index (χ0) is 16.6. The second-order valence-electron chi connectivity index (χ2n) is 5.10. The van der Waals surface area contributed by atoms with Crippen LogP contribution in [0, 0.1) is 0 Å². The highest BCUT2D eigenvalue weighted by Gasteiger charge is 2.20. The fourth-order valence-electron chi connectivity index (χ4n) is 2.48. The van der Waals surface area contributed by atoms with Gasteiger partial charge in [0.05, 0.1) is 12.8 Å². The van der Waals surface area contributed by atoms with Gasteiger partial charge < -0.3 is 14.8 Å². The van der Waals surface area contributed by atoms with E-state index >= 15 is 0 Å². The summed E-state index contributed by atoms with van der Waals surface area (Å²) in [6.45, 7) is 1.50. The lowest BCUT2D eigenvalue weighted by Gasteiger charge is -2.02. The van der Waals surface area contributed by atoms with Crippen LogP contribution >= 0.6 is 0 Å². The fourth-order valence-corrected chi connectivity index (χ4v) is 2.48. The zero-order valence-electron chi connectivity index (χ0n) is 12.7. The van der Waals surface area contributed by atoms with Crippen LogP contribution < -0.4 is 5.69 Å². The fraction of sp³-hybridized carbons (Fsp3) is 0.188. The molecule has 0 aliphatic carbocycles. The Morgan fingerprint density at radius 1 is 1.43 bits per heavy atom. The highest BCUT2D eigenvalue weighted by atomic mass is 16.5. The van der Waals surface area contributed by atoms with Gasteiger partial charge in [-0.25, -0.2) is 4.79 Å². The third-order valence-electron chi connectivity index (χ3n) is 3.66. The molecule has 7 heteroatoms. The van der Waals surface area contributed by atoms with Crippen molar-refractivity contribution in [3.8, 4) is 5.88 Å². The Kier molecular flexibility index (Phi) is 3.61. The van der Waals surface area contributed by atoms with Gasteiger partial charge in [-0.15, -0.1) is 0 Å². The molecule has 0 saturated heterocycles. The number of para-hydroxylation sites is 1. The number of aliphatic imine (C=N–C) groups is 1. The molecule has 0 bridgehead atoms. The number of carbonyl (C=O) groups is 1. The summed E-state index contributed by atoms with van der Waals surface area (Å²) >= 11 is 0. The van der Waals surface area contributed by atoms with E-state index in [0.29, 0.717) is 0 Å². The molecule has 0 radical (unpaired) electrons.